The van der Waals surface area contributed by atoms with Gasteiger partial charge >= 0.3 is 0 Å². The van der Waals surface area contributed by atoms with Crippen molar-refractivity contribution in [2.45, 2.75) is 6.92 Å². The van der Waals surface area contributed by atoms with Crippen LogP contribution in [-0.4, -0.2) is 24.9 Å². The monoisotopic (exact) mass is 351 g/mol. The topological polar surface area (TPSA) is 40.5 Å². The predicted molar refractivity (Wildman–Crippen MR) is 86.9 cm³/mol. The van der Waals surface area contributed by atoms with Crippen LogP contribution in [0.3, 0.4) is 0 Å². The Bertz CT molecular complexity index is 694. The van der Waals surface area contributed by atoms with E-state index in [-0.39, 0.29) is 5.56 Å². The first-order valence-electron chi connectivity index (χ1n) is 6.63. The molecule has 112 valence electrons. The van der Waals surface area contributed by atoms with Gasteiger partial charge in [-0.05, 0) is 58.7 Å². The van der Waals surface area contributed by atoms with Gasteiger partial charge in [0, 0.05) is 19.7 Å². The number of hydrogen-bond donors (Lipinski definition) is 0. The summed E-state index contributed by atoms with van der Waals surface area (Å²) in [6.07, 6.45) is 0. The highest BCUT2D eigenvalue weighted by Gasteiger charge is 2.09. The average Bonchev–Trinajstić information content (AvgIpc) is 2.46. The SMILES string of the molecule is COCCOc1ccc(-c2ccc(Br)c(=O)n2C)c(C)c1. The minimum atomic E-state index is -0.0488. The summed E-state index contributed by atoms with van der Waals surface area (Å²) in [6, 6.07) is 9.56. The van der Waals surface area contributed by atoms with Gasteiger partial charge < -0.3 is 14.0 Å². The lowest BCUT2D eigenvalue weighted by atomic mass is 10.0. The highest BCUT2D eigenvalue weighted by atomic mass is 79.9. The van der Waals surface area contributed by atoms with E-state index in [1.54, 1.807) is 24.8 Å². The summed E-state index contributed by atoms with van der Waals surface area (Å²) in [5.41, 5.74) is 2.90. The molecule has 0 amide bonds. The Morgan fingerprint density at radius 3 is 2.62 bits per heavy atom. The Morgan fingerprint density at radius 1 is 1.19 bits per heavy atom. The summed E-state index contributed by atoms with van der Waals surface area (Å²) in [6.45, 7) is 3.08. The number of aryl methyl sites for hydroxylation is 1. The van der Waals surface area contributed by atoms with Crippen molar-refractivity contribution in [3.63, 3.8) is 0 Å². The van der Waals surface area contributed by atoms with Crippen LogP contribution in [0, 0.1) is 6.92 Å². The fourth-order valence-electron chi connectivity index (χ4n) is 2.13. The lowest BCUT2D eigenvalue weighted by Crippen LogP contribution is -2.18. The van der Waals surface area contributed by atoms with E-state index in [0.29, 0.717) is 17.7 Å². The summed E-state index contributed by atoms with van der Waals surface area (Å²) in [4.78, 5) is 12.0. The summed E-state index contributed by atoms with van der Waals surface area (Å²) >= 11 is 3.25. The molecule has 0 saturated heterocycles. The second kappa shape index (κ2) is 6.91. The van der Waals surface area contributed by atoms with E-state index < -0.39 is 0 Å². The number of hydrogen-bond acceptors (Lipinski definition) is 3. The standard InChI is InChI=1S/C16H18BrNO3/c1-11-10-12(21-9-8-20-3)4-5-13(11)15-7-6-14(17)16(19)18(15)2/h4-7,10H,8-9H2,1-3H3. The highest BCUT2D eigenvalue weighted by Crippen LogP contribution is 2.26. The molecule has 0 bridgehead atoms. The van der Waals surface area contributed by atoms with Gasteiger partial charge in [-0.2, -0.15) is 0 Å². The molecule has 0 spiro atoms. The zero-order chi connectivity index (χ0) is 15.4. The van der Waals surface area contributed by atoms with Crippen molar-refractivity contribution in [3.05, 3.63) is 50.7 Å². The molecule has 0 N–H and O–H groups in total. The summed E-state index contributed by atoms with van der Waals surface area (Å²) in [5, 5.41) is 0. The van der Waals surface area contributed by atoms with Crippen LogP contribution in [0.4, 0.5) is 0 Å². The molecule has 0 aliphatic rings. The first-order chi connectivity index (χ1) is 10.0. The number of halogens is 1. The molecule has 21 heavy (non-hydrogen) atoms. The van der Waals surface area contributed by atoms with Crippen LogP contribution in [0.25, 0.3) is 11.3 Å². The number of pyridine rings is 1. The number of rotatable bonds is 5. The number of ether oxygens (including phenoxy) is 2. The molecule has 0 unspecified atom stereocenters. The number of aromatic nitrogens is 1. The first kappa shape index (κ1) is 15.8. The molecule has 0 atom stereocenters. The smallest absolute Gasteiger partial charge is 0.265 e. The van der Waals surface area contributed by atoms with Crippen molar-refractivity contribution in [1.82, 2.24) is 4.57 Å². The van der Waals surface area contributed by atoms with E-state index in [0.717, 1.165) is 22.6 Å². The maximum Gasteiger partial charge on any atom is 0.265 e. The van der Waals surface area contributed by atoms with Gasteiger partial charge in [0.05, 0.1) is 16.8 Å². The van der Waals surface area contributed by atoms with Gasteiger partial charge in [-0.3, -0.25) is 4.79 Å². The fourth-order valence-corrected chi connectivity index (χ4v) is 2.53. The third kappa shape index (κ3) is 3.54. The van der Waals surface area contributed by atoms with E-state index in [2.05, 4.69) is 15.9 Å². The quantitative estimate of drug-likeness (QED) is 0.777. The minimum Gasteiger partial charge on any atom is -0.491 e. The average molecular weight is 352 g/mol. The van der Waals surface area contributed by atoms with Crippen LogP contribution in [0.2, 0.25) is 0 Å². The maximum absolute atomic E-state index is 12.0. The number of methoxy groups -OCH3 is 1. The summed E-state index contributed by atoms with van der Waals surface area (Å²) in [5.74, 6) is 0.801. The number of nitrogens with zero attached hydrogens (tertiary/aromatic N) is 1. The van der Waals surface area contributed by atoms with Crippen molar-refractivity contribution in [2.24, 2.45) is 7.05 Å². The van der Waals surface area contributed by atoms with Crippen molar-refractivity contribution >= 4 is 15.9 Å². The lowest BCUT2D eigenvalue weighted by Gasteiger charge is -2.13. The molecule has 0 aliphatic carbocycles. The molecule has 1 heterocycles. The van der Waals surface area contributed by atoms with E-state index in [1.807, 2.05) is 31.2 Å². The van der Waals surface area contributed by atoms with Crippen molar-refractivity contribution < 1.29 is 9.47 Å². The molecular formula is C16H18BrNO3. The number of benzene rings is 1. The molecule has 4 nitrogen and oxygen atoms in total. The van der Waals surface area contributed by atoms with Crippen LogP contribution in [0.15, 0.2) is 39.6 Å². The Morgan fingerprint density at radius 2 is 1.95 bits per heavy atom. The van der Waals surface area contributed by atoms with Crippen molar-refractivity contribution in [2.75, 3.05) is 20.3 Å². The molecule has 0 radical (unpaired) electrons. The molecule has 5 heteroatoms. The molecular weight excluding hydrogens is 334 g/mol. The predicted octanol–water partition coefficient (Wildman–Crippen LogP) is 3.15. The molecule has 1 aromatic heterocycles. The minimum absolute atomic E-state index is 0.0488. The van der Waals surface area contributed by atoms with Crippen molar-refractivity contribution in [1.29, 1.82) is 0 Å². The van der Waals surface area contributed by atoms with Crippen LogP contribution in [-0.2, 0) is 11.8 Å². The summed E-state index contributed by atoms with van der Waals surface area (Å²) in [7, 11) is 3.41. The third-order valence-corrected chi connectivity index (χ3v) is 3.89. The van der Waals surface area contributed by atoms with Gasteiger partial charge in [0.2, 0.25) is 0 Å². The van der Waals surface area contributed by atoms with Crippen LogP contribution in [0.1, 0.15) is 5.56 Å². The van der Waals surface area contributed by atoms with Crippen molar-refractivity contribution in [3.8, 4) is 17.0 Å². The highest BCUT2D eigenvalue weighted by molar-refractivity contribution is 9.10. The second-order valence-corrected chi connectivity index (χ2v) is 5.60. The molecule has 0 fully saturated rings. The van der Waals surface area contributed by atoms with Gasteiger partial charge in [-0.15, -0.1) is 0 Å². The molecule has 2 rings (SSSR count). The Kier molecular flexibility index (Phi) is 5.20. The van der Waals surface area contributed by atoms with E-state index in [4.69, 9.17) is 9.47 Å². The largest absolute Gasteiger partial charge is 0.491 e. The normalized spacial score (nSPS) is 10.7. The first-order valence-corrected chi connectivity index (χ1v) is 7.42. The summed E-state index contributed by atoms with van der Waals surface area (Å²) < 4.78 is 12.7. The van der Waals surface area contributed by atoms with Gasteiger partial charge in [-0.1, -0.05) is 0 Å². The van der Waals surface area contributed by atoms with Gasteiger partial charge in [0.15, 0.2) is 0 Å². The Hall–Kier alpha value is -1.59. The van der Waals surface area contributed by atoms with E-state index >= 15 is 0 Å². The Balaban J connectivity index is 2.33. The van der Waals surface area contributed by atoms with Gasteiger partial charge in [0.25, 0.3) is 5.56 Å². The molecule has 2 aromatic rings. The zero-order valence-corrected chi connectivity index (χ0v) is 13.9. The van der Waals surface area contributed by atoms with Crippen LogP contribution < -0.4 is 10.3 Å². The molecule has 0 aliphatic heterocycles. The van der Waals surface area contributed by atoms with Gasteiger partial charge in [-0.25, -0.2) is 0 Å². The third-order valence-electron chi connectivity index (χ3n) is 3.29. The lowest BCUT2D eigenvalue weighted by molar-refractivity contribution is 0.146. The molecule has 0 saturated carbocycles. The van der Waals surface area contributed by atoms with Crippen LogP contribution in [0.5, 0.6) is 5.75 Å². The Labute approximate surface area is 132 Å². The molecule has 1 aromatic carbocycles. The van der Waals surface area contributed by atoms with Gasteiger partial charge in [0.1, 0.15) is 12.4 Å². The van der Waals surface area contributed by atoms with E-state index in [1.165, 1.54) is 0 Å². The van der Waals surface area contributed by atoms with E-state index in [9.17, 15) is 4.79 Å². The maximum atomic E-state index is 12.0. The van der Waals surface area contributed by atoms with Crippen LogP contribution >= 0.6 is 15.9 Å². The fraction of sp³-hybridized carbons (Fsp3) is 0.312. The second-order valence-electron chi connectivity index (χ2n) is 4.75. The zero-order valence-electron chi connectivity index (χ0n) is 12.4.